The van der Waals surface area contributed by atoms with Gasteiger partial charge in [0, 0.05) is 30.4 Å². The topological polar surface area (TPSA) is 24.9 Å². The van der Waals surface area contributed by atoms with E-state index in [1.54, 1.807) is 0 Å². The highest BCUT2D eigenvalue weighted by Crippen LogP contribution is 2.54. The van der Waals surface area contributed by atoms with E-state index in [0.717, 1.165) is 18.5 Å². The Morgan fingerprint density at radius 1 is 1.32 bits per heavy atom. The predicted octanol–water partition coefficient (Wildman–Crippen LogP) is 3.53. The Labute approximate surface area is 117 Å². The Morgan fingerprint density at radius 2 is 2.05 bits per heavy atom. The van der Waals surface area contributed by atoms with E-state index in [9.17, 15) is 0 Å². The third kappa shape index (κ3) is 2.69. The summed E-state index contributed by atoms with van der Waals surface area (Å²) in [6.45, 7) is 8.26. The molecule has 0 aliphatic heterocycles. The van der Waals surface area contributed by atoms with Crippen LogP contribution in [0.1, 0.15) is 52.0 Å². The van der Waals surface area contributed by atoms with Gasteiger partial charge in [-0.05, 0) is 48.6 Å². The number of pyridine rings is 1. The van der Waals surface area contributed by atoms with Crippen LogP contribution in [0.4, 0.5) is 0 Å². The van der Waals surface area contributed by atoms with Crippen LogP contribution in [0.2, 0.25) is 0 Å². The van der Waals surface area contributed by atoms with E-state index in [-0.39, 0.29) is 0 Å². The van der Waals surface area contributed by atoms with E-state index >= 15 is 0 Å². The second kappa shape index (κ2) is 4.59. The van der Waals surface area contributed by atoms with E-state index in [1.807, 2.05) is 6.20 Å². The van der Waals surface area contributed by atoms with Crippen LogP contribution in [0.3, 0.4) is 0 Å². The number of aromatic nitrogens is 1. The second-order valence-electron chi connectivity index (χ2n) is 7.65. The molecule has 3 rings (SSSR count). The standard InChI is InChI=1S/C17H26N2/c1-16(2,3)14-9-17(10-14,12-19-15-6-7-15)13-5-4-8-18-11-13/h4-5,8,11,14-15,19H,6-7,9-10,12H2,1-3H3. The van der Waals surface area contributed by atoms with Gasteiger partial charge in [0.25, 0.3) is 0 Å². The zero-order chi connectivity index (χ0) is 13.5. The van der Waals surface area contributed by atoms with Crippen LogP contribution < -0.4 is 5.32 Å². The number of hydrogen-bond donors (Lipinski definition) is 1. The molecule has 0 bridgehead atoms. The second-order valence-corrected chi connectivity index (χ2v) is 7.65. The van der Waals surface area contributed by atoms with Crippen molar-refractivity contribution < 1.29 is 0 Å². The lowest BCUT2D eigenvalue weighted by molar-refractivity contribution is 0.0444. The first-order valence-electron chi connectivity index (χ1n) is 7.63. The molecule has 0 amide bonds. The van der Waals surface area contributed by atoms with Gasteiger partial charge in [-0.1, -0.05) is 26.8 Å². The fourth-order valence-electron chi connectivity index (χ4n) is 3.28. The molecule has 0 spiro atoms. The largest absolute Gasteiger partial charge is 0.313 e. The van der Waals surface area contributed by atoms with Gasteiger partial charge in [0.05, 0.1) is 0 Å². The molecule has 19 heavy (non-hydrogen) atoms. The molecular formula is C17H26N2. The third-order valence-corrected chi connectivity index (χ3v) is 5.08. The number of rotatable bonds is 4. The summed E-state index contributed by atoms with van der Waals surface area (Å²) in [5, 5.41) is 3.74. The van der Waals surface area contributed by atoms with Crippen LogP contribution in [0.15, 0.2) is 24.5 Å². The zero-order valence-electron chi connectivity index (χ0n) is 12.4. The van der Waals surface area contributed by atoms with Gasteiger partial charge < -0.3 is 5.32 Å². The maximum absolute atomic E-state index is 4.33. The summed E-state index contributed by atoms with van der Waals surface area (Å²) < 4.78 is 0. The SMILES string of the molecule is CC(C)(C)C1CC(CNC2CC2)(c2cccnc2)C1. The quantitative estimate of drug-likeness (QED) is 0.893. The molecule has 2 heteroatoms. The summed E-state index contributed by atoms with van der Waals surface area (Å²) in [6, 6.07) is 5.14. The first-order chi connectivity index (χ1) is 9.00. The van der Waals surface area contributed by atoms with Crippen molar-refractivity contribution in [3.63, 3.8) is 0 Å². The van der Waals surface area contributed by atoms with Gasteiger partial charge in [0.1, 0.15) is 0 Å². The molecule has 1 N–H and O–H groups in total. The Hall–Kier alpha value is -0.890. The minimum absolute atomic E-state index is 0.342. The van der Waals surface area contributed by atoms with E-state index in [0.29, 0.717) is 10.8 Å². The van der Waals surface area contributed by atoms with Crippen LogP contribution in [-0.4, -0.2) is 17.6 Å². The summed E-state index contributed by atoms with van der Waals surface area (Å²) in [4.78, 5) is 4.33. The first kappa shape index (κ1) is 13.1. The molecule has 0 saturated heterocycles. The Kier molecular flexibility index (Phi) is 3.17. The smallest absolute Gasteiger partial charge is 0.0306 e. The van der Waals surface area contributed by atoms with Gasteiger partial charge in [-0.3, -0.25) is 4.98 Å². The molecule has 2 aliphatic rings. The van der Waals surface area contributed by atoms with E-state index in [4.69, 9.17) is 0 Å². The van der Waals surface area contributed by atoms with Crippen molar-refractivity contribution in [1.82, 2.24) is 10.3 Å². The number of hydrogen-bond acceptors (Lipinski definition) is 2. The fraction of sp³-hybridized carbons (Fsp3) is 0.706. The highest BCUT2D eigenvalue weighted by molar-refractivity contribution is 5.27. The molecule has 104 valence electrons. The maximum atomic E-state index is 4.33. The van der Waals surface area contributed by atoms with Crippen molar-refractivity contribution in [3.05, 3.63) is 30.1 Å². The molecule has 0 aromatic carbocycles. The van der Waals surface area contributed by atoms with Crippen LogP contribution in [0.25, 0.3) is 0 Å². The lowest BCUT2D eigenvalue weighted by Gasteiger charge is -2.53. The molecule has 0 unspecified atom stereocenters. The van der Waals surface area contributed by atoms with E-state index in [1.165, 1.54) is 31.2 Å². The highest BCUT2D eigenvalue weighted by atomic mass is 15.0. The molecule has 1 aromatic rings. The van der Waals surface area contributed by atoms with Crippen LogP contribution in [0, 0.1) is 11.3 Å². The van der Waals surface area contributed by atoms with Crippen molar-refractivity contribution in [3.8, 4) is 0 Å². The predicted molar refractivity (Wildman–Crippen MR) is 79.1 cm³/mol. The lowest BCUT2D eigenvalue weighted by Crippen LogP contribution is -2.52. The Morgan fingerprint density at radius 3 is 2.58 bits per heavy atom. The summed E-state index contributed by atoms with van der Waals surface area (Å²) in [6.07, 6.45) is 9.31. The van der Waals surface area contributed by atoms with Gasteiger partial charge in [-0.25, -0.2) is 0 Å². The molecule has 0 atom stereocenters. The fourth-order valence-corrected chi connectivity index (χ4v) is 3.28. The molecule has 1 aromatic heterocycles. The van der Waals surface area contributed by atoms with Gasteiger partial charge >= 0.3 is 0 Å². The molecule has 0 radical (unpaired) electrons. The van der Waals surface area contributed by atoms with Crippen molar-refractivity contribution in [2.75, 3.05) is 6.54 Å². The summed E-state index contributed by atoms with van der Waals surface area (Å²) in [5.41, 5.74) is 2.21. The normalized spacial score (nSPS) is 31.0. The van der Waals surface area contributed by atoms with E-state index < -0.39 is 0 Å². The Bertz CT molecular complexity index is 422. The number of nitrogens with one attached hydrogen (secondary N) is 1. The van der Waals surface area contributed by atoms with Crippen molar-refractivity contribution in [1.29, 1.82) is 0 Å². The van der Waals surface area contributed by atoms with Crippen LogP contribution in [0.5, 0.6) is 0 Å². The van der Waals surface area contributed by atoms with Gasteiger partial charge in [-0.15, -0.1) is 0 Å². The molecule has 2 fully saturated rings. The average molecular weight is 258 g/mol. The molecule has 2 saturated carbocycles. The number of nitrogens with zero attached hydrogens (tertiary/aromatic N) is 1. The lowest BCUT2D eigenvalue weighted by atomic mass is 9.52. The average Bonchev–Trinajstić information content (AvgIpc) is 3.11. The van der Waals surface area contributed by atoms with Crippen molar-refractivity contribution >= 4 is 0 Å². The van der Waals surface area contributed by atoms with Gasteiger partial charge in [-0.2, -0.15) is 0 Å². The highest BCUT2D eigenvalue weighted by Gasteiger charge is 2.49. The molecule has 1 heterocycles. The summed E-state index contributed by atoms with van der Waals surface area (Å²) in [7, 11) is 0. The molecular weight excluding hydrogens is 232 g/mol. The monoisotopic (exact) mass is 258 g/mol. The van der Waals surface area contributed by atoms with Crippen molar-refractivity contribution in [2.24, 2.45) is 11.3 Å². The molecule has 2 aliphatic carbocycles. The minimum atomic E-state index is 0.342. The molecule has 2 nitrogen and oxygen atoms in total. The summed E-state index contributed by atoms with van der Waals surface area (Å²) >= 11 is 0. The van der Waals surface area contributed by atoms with E-state index in [2.05, 4.69) is 49.4 Å². The first-order valence-corrected chi connectivity index (χ1v) is 7.63. The maximum Gasteiger partial charge on any atom is 0.0306 e. The van der Waals surface area contributed by atoms with Crippen LogP contribution in [-0.2, 0) is 5.41 Å². The van der Waals surface area contributed by atoms with Crippen LogP contribution >= 0.6 is 0 Å². The Balaban J connectivity index is 1.74. The summed E-state index contributed by atoms with van der Waals surface area (Å²) in [5.74, 6) is 0.841. The van der Waals surface area contributed by atoms with Gasteiger partial charge in [0.2, 0.25) is 0 Å². The minimum Gasteiger partial charge on any atom is -0.313 e. The van der Waals surface area contributed by atoms with Gasteiger partial charge in [0.15, 0.2) is 0 Å². The van der Waals surface area contributed by atoms with Crippen molar-refractivity contribution in [2.45, 2.75) is 57.9 Å². The zero-order valence-corrected chi connectivity index (χ0v) is 12.4. The third-order valence-electron chi connectivity index (χ3n) is 5.08.